The number of hydrogen-bond donors (Lipinski definition) is 0. The summed E-state index contributed by atoms with van der Waals surface area (Å²) in [4.78, 5) is 2.34. The third kappa shape index (κ3) is 3.86. The molecule has 0 unspecified atom stereocenters. The second-order valence-electron chi connectivity index (χ2n) is 10.1. The molecular formula is C32H31N5. The molecule has 0 aliphatic heterocycles. The van der Waals surface area contributed by atoms with Gasteiger partial charge in [0.1, 0.15) is 0 Å². The molecule has 5 heteroatoms. The molecule has 5 nitrogen and oxygen atoms in total. The molecule has 0 bridgehead atoms. The van der Waals surface area contributed by atoms with Crippen LogP contribution in [0, 0.1) is 0 Å². The van der Waals surface area contributed by atoms with Gasteiger partial charge in [0, 0.05) is 28.2 Å². The Morgan fingerprint density at radius 3 is 1.35 bits per heavy atom. The zero-order valence-electron chi connectivity index (χ0n) is 21.1. The van der Waals surface area contributed by atoms with E-state index in [-0.39, 0.29) is 0 Å². The minimum absolute atomic E-state index is 1.02. The normalized spacial score (nSPS) is 14.7. The first-order chi connectivity index (χ1) is 18.4. The first-order valence-corrected chi connectivity index (χ1v) is 13.6. The number of para-hydroxylation sites is 3. The molecule has 2 aliphatic rings. The second-order valence-corrected chi connectivity index (χ2v) is 10.1. The van der Waals surface area contributed by atoms with Gasteiger partial charge in [0.05, 0.1) is 11.4 Å². The summed E-state index contributed by atoms with van der Waals surface area (Å²) in [6, 6.07) is 31.8. The van der Waals surface area contributed by atoms with Crippen molar-refractivity contribution in [2.24, 2.45) is 0 Å². The van der Waals surface area contributed by atoms with E-state index in [1.54, 1.807) is 0 Å². The number of anilines is 3. The Balaban J connectivity index is 1.47. The monoisotopic (exact) mass is 485 g/mol. The topological polar surface area (TPSA) is 38.9 Å². The summed E-state index contributed by atoms with van der Waals surface area (Å²) in [5.41, 5.74) is 8.75. The van der Waals surface area contributed by atoms with E-state index in [4.69, 9.17) is 10.2 Å². The van der Waals surface area contributed by atoms with Crippen LogP contribution in [0.3, 0.4) is 0 Å². The van der Waals surface area contributed by atoms with E-state index in [1.807, 2.05) is 0 Å². The Morgan fingerprint density at radius 2 is 0.892 bits per heavy atom. The fraction of sp³-hybridized carbons (Fsp3) is 0.250. The number of nitrogens with zero attached hydrogens (tertiary/aromatic N) is 5. The number of fused-ring (bicyclic) bond motifs is 2. The van der Waals surface area contributed by atoms with Gasteiger partial charge in [-0.3, -0.25) is 4.90 Å². The summed E-state index contributed by atoms with van der Waals surface area (Å²) < 4.78 is 4.36. The van der Waals surface area contributed by atoms with Crippen LogP contribution in [0.5, 0.6) is 0 Å². The van der Waals surface area contributed by atoms with Gasteiger partial charge in [0.15, 0.2) is 11.6 Å². The van der Waals surface area contributed by atoms with Crippen molar-refractivity contribution >= 4 is 17.3 Å². The van der Waals surface area contributed by atoms with Crippen LogP contribution in [0.4, 0.5) is 17.3 Å². The molecule has 0 amide bonds. The Labute approximate surface area is 218 Å². The summed E-state index contributed by atoms with van der Waals surface area (Å²) in [6.07, 6.45) is 8.99. The SMILES string of the molecule is c1ccc(N(c2nn(-c3ccccc3)c3c2CCCC3)c2nn(-c3ccccc3)c3c2CCCC3)cc1. The van der Waals surface area contributed by atoms with Crippen LogP contribution < -0.4 is 4.90 Å². The van der Waals surface area contributed by atoms with Gasteiger partial charge in [-0.25, -0.2) is 9.36 Å². The summed E-state index contributed by atoms with van der Waals surface area (Å²) in [5.74, 6) is 2.05. The van der Waals surface area contributed by atoms with Crippen LogP contribution in [0.15, 0.2) is 91.0 Å². The third-order valence-corrected chi connectivity index (χ3v) is 7.76. The lowest BCUT2D eigenvalue weighted by molar-refractivity contribution is 0.653. The molecule has 2 aliphatic carbocycles. The Bertz CT molecular complexity index is 1420. The maximum absolute atomic E-state index is 5.34. The molecule has 0 radical (unpaired) electrons. The van der Waals surface area contributed by atoms with Crippen molar-refractivity contribution in [1.29, 1.82) is 0 Å². The summed E-state index contributed by atoms with van der Waals surface area (Å²) in [6.45, 7) is 0. The number of hydrogen-bond acceptors (Lipinski definition) is 3. The molecule has 0 atom stereocenters. The minimum Gasteiger partial charge on any atom is -0.276 e. The first kappa shape index (κ1) is 22.1. The Kier molecular flexibility index (Phi) is 5.61. The van der Waals surface area contributed by atoms with Crippen molar-refractivity contribution < 1.29 is 0 Å². The van der Waals surface area contributed by atoms with Crippen molar-refractivity contribution in [3.05, 3.63) is 114 Å². The smallest absolute Gasteiger partial charge is 0.164 e. The van der Waals surface area contributed by atoms with Gasteiger partial charge in [-0.15, -0.1) is 10.2 Å². The zero-order chi connectivity index (χ0) is 24.6. The molecule has 2 aromatic heterocycles. The van der Waals surface area contributed by atoms with Crippen LogP contribution in [0.25, 0.3) is 11.4 Å². The standard InChI is InChI=1S/C32H31N5/c1-4-14-24(15-5-1)35(31-27-20-10-12-22-29(27)36(33-31)25-16-6-2-7-17-25)32-28-21-11-13-23-30(28)37(34-32)26-18-8-3-9-19-26/h1-9,14-19H,10-13,20-23H2. The summed E-state index contributed by atoms with van der Waals surface area (Å²) in [7, 11) is 0. The lowest BCUT2D eigenvalue weighted by Crippen LogP contribution is -2.16. The number of aromatic nitrogens is 4. The average Bonchev–Trinajstić information content (AvgIpc) is 3.55. The highest BCUT2D eigenvalue weighted by atomic mass is 15.4. The molecule has 0 N–H and O–H groups in total. The van der Waals surface area contributed by atoms with Gasteiger partial charge in [0.2, 0.25) is 0 Å². The van der Waals surface area contributed by atoms with Gasteiger partial charge >= 0.3 is 0 Å². The predicted octanol–water partition coefficient (Wildman–Crippen LogP) is 7.29. The first-order valence-electron chi connectivity index (χ1n) is 13.6. The second kappa shape index (κ2) is 9.40. The van der Waals surface area contributed by atoms with E-state index in [1.165, 1.54) is 48.2 Å². The Hall–Kier alpha value is -4.12. The molecule has 37 heavy (non-hydrogen) atoms. The van der Waals surface area contributed by atoms with Gasteiger partial charge in [-0.2, -0.15) is 0 Å². The molecule has 0 saturated carbocycles. The van der Waals surface area contributed by atoms with Gasteiger partial charge < -0.3 is 0 Å². The highest BCUT2D eigenvalue weighted by Gasteiger charge is 2.32. The van der Waals surface area contributed by atoms with Crippen molar-refractivity contribution in [3.8, 4) is 11.4 Å². The molecule has 3 aromatic carbocycles. The molecule has 2 heterocycles. The summed E-state index contributed by atoms with van der Waals surface area (Å²) in [5, 5.41) is 10.7. The quantitative estimate of drug-likeness (QED) is 0.262. The molecule has 5 aromatic rings. The van der Waals surface area contributed by atoms with Crippen LogP contribution in [-0.2, 0) is 25.7 Å². The van der Waals surface area contributed by atoms with Crippen LogP contribution in [-0.4, -0.2) is 19.6 Å². The van der Waals surface area contributed by atoms with Crippen molar-refractivity contribution in [1.82, 2.24) is 19.6 Å². The van der Waals surface area contributed by atoms with E-state index in [9.17, 15) is 0 Å². The summed E-state index contributed by atoms with van der Waals surface area (Å²) >= 11 is 0. The fourth-order valence-corrected chi connectivity index (χ4v) is 6.01. The zero-order valence-corrected chi connectivity index (χ0v) is 21.1. The maximum Gasteiger partial charge on any atom is 0.164 e. The highest BCUT2D eigenvalue weighted by molar-refractivity contribution is 5.77. The lowest BCUT2D eigenvalue weighted by Gasteiger charge is -2.24. The lowest BCUT2D eigenvalue weighted by atomic mass is 9.95. The molecule has 184 valence electrons. The predicted molar refractivity (Wildman–Crippen MR) is 149 cm³/mol. The van der Waals surface area contributed by atoms with Gasteiger partial charge in [-0.05, 0) is 87.8 Å². The molecule has 7 rings (SSSR count). The van der Waals surface area contributed by atoms with Gasteiger partial charge in [-0.1, -0.05) is 54.6 Å². The van der Waals surface area contributed by atoms with Crippen LogP contribution in [0.2, 0.25) is 0 Å². The molecule has 0 saturated heterocycles. The van der Waals surface area contributed by atoms with E-state index < -0.39 is 0 Å². The van der Waals surface area contributed by atoms with Crippen molar-refractivity contribution in [3.63, 3.8) is 0 Å². The fourth-order valence-electron chi connectivity index (χ4n) is 6.01. The van der Waals surface area contributed by atoms with E-state index >= 15 is 0 Å². The van der Waals surface area contributed by atoms with E-state index in [2.05, 4.69) is 105 Å². The largest absolute Gasteiger partial charge is 0.276 e. The number of rotatable bonds is 5. The van der Waals surface area contributed by atoms with E-state index in [0.29, 0.717) is 0 Å². The average molecular weight is 486 g/mol. The third-order valence-electron chi connectivity index (χ3n) is 7.76. The maximum atomic E-state index is 5.34. The molecule has 0 fully saturated rings. The highest BCUT2D eigenvalue weighted by Crippen LogP contribution is 2.43. The number of benzene rings is 3. The van der Waals surface area contributed by atoms with Gasteiger partial charge in [0.25, 0.3) is 0 Å². The minimum atomic E-state index is 1.02. The van der Waals surface area contributed by atoms with Crippen LogP contribution >= 0.6 is 0 Å². The van der Waals surface area contributed by atoms with Crippen molar-refractivity contribution in [2.45, 2.75) is 51.4 Å². The molecule has 0 spiro atoms. The van der Waals surface area contributed by atoms with Crippen molar-refractivity contribution in [2.75, 3.05) is 4.90 Å². The molecular weight excluding hydrogens is 454 g/mol. The van der Waals surface area contributed by atoms with Crippen LogP contribution in [0.1, 0.15) is 48.2 Å². The Morgan fingerprint density at radius 1 is 0.486 bits per heavy atom. The van der Waals surface area contributed by atoms with E-state index in [0.717, 1.165) is 54.4 Å².